The number of aromatic nitrogens is 1. The van der Waals surface area contributed by atoms with Crippen LogP contribution < -0.4 is 4.74 Å². The second kappa shape index (κ2) is 8.51. The lowest BCUT2D eigenvalue weighted by Crippen LogP contribution is -1.98. The number of methoxy groups -OCH3 is 1. The second-order valence-electron chi connectivity index (χ2n) is 3.98. The predicted octanol–water partition coefficient (Wildman–Crippen LogP) is 4.82. The molecule has 0 radical (unpaired) electrons. The minimum Gasteiger partial charge on any atom is -0.494 e. The highest BCUT2D eigenvalue weighted by Crippen LogP contribution is 2.30. The molecule has 0 aromatic carbocycles. The highest BCUT2D eigenvalue weighted by molar-refractivity contribution is 5.76. The molecule has 0 aliphatic carbocycles. The van der Waals surface area contributed by atoms with E-state index in [-0.39, 0.29) is 0 Å². The summed E-state index contributed by atoms with van der Waals surface area (Å²) in [5.74, 6) is 1.19. The lowest BCUT2D eigenvalue weighted by Gasteiger charge is -2.14. The van der Waals surface area contributed by atoms with Gasteiger partial charge in [0.15, 0.2) is 0 Å². The van der Waals surface area contributed by atoms with Gasteiger partial charge in [-0.15, -0.1) is 0 Å². The van der Waals surface area contributed by atoms with Crippen LogP contribution in [0.5, 0.6) is 5.75 Å². The van der Waals surface area contributed by atoms with Crippen LogP contribution in [0.2, 0.25) is 0 Å². The van der Waals surface area contributed by atoms with Crippen molar-refractivity contribution in [1.82, 2.24) is 4.98 Å². The van der Waals surface area contributed by atoms with E-state index in [0.29, 0.717) is 5.92 Å². The lowest BCUT2D eigenvalue weighted by atomic mass is 9.94. The Morgan fingerprint density at radius 1 is 1.33 bits per heavy atom. The van der Waals surface area contributed by atoms with E-state index in [0.717, 1.165) is 22.4 Å². The van der Waals surface area contributed by atoms with Crippen molar-refractivity contribution >= 4 is 11.6 Å². The molecule has 0 saturated carbocycles. The molecule has 1 rings (SSSR count). The molecule has 0 N–H and O–H groups in total. The highest BCUT2D eigenvalue weighted by Gasteiger charge is 2.11. The number of ether oxygens (including phenoxy) is 1. The highest BCUT2D eigenvalue weighted by atomic mass is 16.5. The van der Waals surface area contributed by atoms with E-state index < -0.39 is 0 Å². The Hall–Kier alpha value is -1.57. The molecule has 0 amide bonds. The van der Waals surface area contributed by atoms with Crippen LogP contribution in [-0.2, 0) is 0 Å². The Morgan fingerprint density at radius 3 is 2.39 bits per heavy atom. The quantitative estimate of drug-likeness (QED) is 0.761. The molecule has 0 saturated heterocycles. The fraction of sp³-hybridized carbons (Fsp3) is 0.438. The molecular weight excluding hydrogens is 222 g/mol. The molecule has 0 fully saturated rings. The number of hydrogen-bond acceptors (Lipinski definition) is 2. The first-order valence-corrected chi connectivity index (χ1v) is 6.45. The Balaban J connectivity index is 0.00000137. The third-order valence-corrected chi connectivity index (χ3v) is 2.55. The predicted molar refractivity (Wildman–Crippen MR) is 80.7 cm³/mol. The van der Waals surface area contributed by atoms with Crippen LogP contribution in [-0.4, -0.2) is 12.1 Å². The van der Waals surface area contributed by atoms with E-state index in [9.17, 15) is 0 Å². The molecule has 0 unspecified atom stereocenters. The van der Waals surface area contributed by atoms with Crippen LogP contribution in [0.15, 0.2) is 25.0 Å². The normalized spacial score (nSPS) is 10.2. The van der Waals surface area contributed by atoms with E-state index in [4.69, 9.17) is 4.74 Å². The van der Waals surface area contributed by atoms with Crippen molar-refractivity contribution in [1.29, 1.82) is 0 Å². The zero-order valence-corrected chi connectivity index (χ0v) is 12.4. The third kappa shape index (κ3) is 4.02. The van der Waals surface area contributed by atoms with Gasteiger partial charge in [-0.2, -0.15) is 0 Å². The third-order valence-electron chi connectivity index (χ3n) is 2.55. The van der Waals surface area contributed by atoms with Gasteiger partial charge in [-0.05, 0) is 18.4 Å². The van der Waals surface area contributed by atoms with Crippen LogP contribution >= 0.6 is 0 Å². The van der Waals surface area contributed by atoms with Crippen LogP contribution in [0.1, 0.15) is 45.7 Å². The van der Waals surface area contributed by atoms with Crippen molar-refractivity contribution in [2.24, 2.45) is 5.92 Å². The van der Waals surface area contributed by atoms with Crippen LogP contribution in [0, 0.1) is 5.92 Å². The molecule has 2 nitrogen and oxygen atoms in total. The smallest absolute Gasteiger partial charge is 0.144 e. The lowest BCUT2D eigenvalue weighted by molar-refractivity contribution is 0.411. The van der Waals surface area contributed by atoms with Gasteiger partial charge in [-0.1, -0.05) is 46.4 Å². The molecule has 1 aromatic rings. The fourth-order valence-electron chi connectivity index (χ4n) is 1.52. The maximum Gasteiger partial charge on any atom is 0.144 e. The molecule has 1 aromatic heterocycles. The first kappa shape index (κ1) is 16.4. The summed E-state index contributed by atoms with van der Waals surface area (Å²) in [5.41, 5.74) is 3.20. The SMILES string of the molecule is C=C(c1cncc(OC)c1/C=C\C)C(C)C.CC. The van der Waals surface area contributed by atoms with Crippen molar-refractivity contribution in [3.05, 3.63) is 36.2 Å². The van der Waals surface area contributed by atoms with Crippen molar-refractivity contribution in [3.63, 3.8) is 0 Å². The second-order valence-corrected chi connectivity index (χ2v) is 3.98. The number of pyridine rings is 1. The van der Waals surface area contributed by atoms with Crippen molar-refractivity contribution in [2.45, 2.75) is 34.6 Å². The van der Waals surface area contributed by atoms with Crippen LogP contribution in [0.4, 0.5) is 0 Å². The Kier molecular flexibility index (Phi) is 7.77. The molecule has 2 heteroatoms. The topological polar surface area (TPSA) is 22.1 Å². The first-order valence-electron chi connectivity index (χ1n) is 6.45. The fourth-order valence-corrected chi connectivity index (χ4v) is 1.52. The molecule has 0 bridgehead atoms. The standard InChI is InChI=1S/C14H19NO.C2H6/c1-6-7-12-13(11(4)10(2)3)8-15-9-14(12)16-5;1-2/h6-10H,4H2,1-3,5H3;1-2H3/b7-6-;. The van der Waals surface area contributed by atoms with E-state index in [1.54, 1.807) is 13.3 Å². The van der Waals surface area contributed by atoms with Crippen molar-refractivity contribution in [3.8, 4) is 5.75 Å². The number of nitrogens with zero attached hydrogens (tertiary/aromatic N) is 1. The van der Waals surface area contributed by atoms with Gasteiger partial charge in [0, 0.05) is 17.3 Å². The van der Waals surface area contributed by atoms with Crippen molar-refractivity contribution in [2.75, 3.05) is 7.11 Å². The van der Waals surface area contributed by atoms with Crippen molar-refractivity contribution < 1.29 is 4.74 Å². The number of rotatable bonds is 4. The summed E-state index contributed by atoms with van der Waals surface area (Å²) < 4.78 is 5.31. The molecule has 100 valence electrons. The molecule has 0 atom stereocenters. The van der Waals surface area contributed by atoms with Gasteiger partial charge in [-0.3, -0.25) is 4.98 Å². The average Bonchev–Trinajstić information content (AvgIpc) is 2.40. The maximum absolute atomic E-state index is 5.31. The summed E-state index contributed by atoms with van der Waals surface area (Å²) in [6, 6.07) is 0. The minimum absolute atomic E-state index is 0.401. The molecule has 0 aliphatic rings. The maximum atomic E-state index is 5.31. The molecule has 18 heavy (non-hydrogen) atoms. The van der Waals surface area contributed by atoms with E-state index >= 15 is 0 Å². The summed E-state index contributed by atoms with van der Waals surface area (Å²) >= 11 is 0. The molecule has 0 aliphatic heterocycles. The van der Waals surface area contributed by atoms with Gasteiger partial charge in [0.1, 0.15) is 5.75 Å². The summed E-state index contributed by atoms with van der Waals surface area (Å²) in [6.45, 7) is 14.4. The first-order chi connectivity index (χ1) is 8.61. The Bertz CT molecular complexity index is 406. The number of hydrogen-bond donors (Lipinski definition) is 0. The molecule has 1 heterocycles. The van der Waals surface area contributed by atoms with E-state index in [2.05, 4.69) is 25.4 Å². The molecular formula is C16H25NO. The zero-order valence-electron chi connectivity index (χ0n) is 12.4. The van der Waals surface area contributed by atoms with Crippen LogP contribution in [0.3, 0.4) is 0 Å². The average molecular weight is 247 g/mol. The summed E-state index contributed by atoms with van der Waals surface area (Å²) in [4.78, 5) is 4.18. The number of allylic oxidation sites excluding steroid dienone is 2. The summed E-state index contributed by atoms with van der Waals surface area (Å²) in [6.07, 6.45) is 7.60. The van der Waals surface area contributed by atoms with Gasteiger partial charge < -0.3 is 4.74 Å². The van der Waals surface area contributed by atoms with Crippen LogP contribution in [0.25, 0.3) is 11.6 Å². The van der Waals surface area contributed by atoms with E-state index in [1.165, 1.54) is 0 Å². The Labute approximate surface area is 111 Å². The Morgan fingerprint density at radius 2 is 1.94 bits per heavy atom. The monoisotopic (exact) mass is 247 g/mol. The molecule has 0 spiro atoms. The van der Waals surface area contributed by atoms with Gasteiger partial charge >= 0.3 is 0 Å². The van der Waals surface area contributed by atoms with E-state index in [1.807, 2.05) is 39.1 Å². The summed E-state index contributed by atoms with van der Waals surface area (Å²) in [5, 5.41) is 0. The van der Waals surface area contributed by atoms with Gasteiger partial charge in [0.05, 0.1) is 13.3 Å². The van der Waals surface area contributed by atoms with Gasteiger partial charge in [0.25, 0.3) is 0 Å². The van der Waals surface area contributed by atoms with Gasteiger partial charge in [0.2, 0.25) is 0 Å². The minimum atomic E-state index is 0.401. The zero-order chi connectivity index (χ0) is 14.1. The van der Waals surface area contributed by atoms with Gasteiger partial charge in [-0.25, -0.2) is 0 Å². The summed E-state index contributed by atoms with van der Waals surface area (Å²) in [7, 11) is 1.66. The largest absolute Gasteiger partial charge is 0.494 e.